The van der Waals surface area contributed by atoms with Crippen molar-refractivity contribution in [1.82, 2.24) is 10.2 Å². The van der Waals surface area contributed by atoms with Gasteiger partial charge in [-0.25, -0.2) is 0 Å². The molecule has 1 N–H and O–H groups in total. The number of morpholine rings is 1. The Bertz CT molecular complexity index is 524. The first-order chi connectivity index (χ1) is 10.6. The molecule has 1 aliphatic heterocycles. The van der Waals surface area contributed by atoms with Gasteiger partial charge in [0.1, 0.15) is 18.1 Å². The summed E-state index contributed by atoms with van der Waals surface area (Å²) in [4.78, 5) is 25.4. The van der Waals surface area contributed by atoms with Crippen molar-refractivity contribution in [2.75, 3.05) is 47.1 Å². The van der Waals surface area contributed by atoms with Crippen LogP contribution in [0.4, 0.5) is 0 Å². The number of hydrogen-bond acceptors (Lipinski definition) is 5. The summed E-state index contributed by atoms with van der Waals surface area (Å²) in [5.41, 5.74) is 0.449. The van der Waals surface area contributed by atoms with Crippen molar-refractivity contribution in [2.45, 2.75) is 0 Å². The van der Waals surface area contributed by atoms with Crippen LogP contribution in [0.3, 0.4) is 0 Å². The second-order valence-corrected chi connectivity index (χ2v) is 4.79. The van der Waals surface area contributed by atoms with Gasteiger partial charge < -0.3 is 24.4 Å². The molecule has 7 heteroatoms. The first-order valence-corrected chi connectivity index (χ1v) is 7.01. The number of nitrogens with one attached hydrogen (secondary N) is 1. The van der Waals surface area contributed by atoms with Gasteiger partial charge in [0.2, 0.25) is 5.91 Å². The lowest BCUT2D eigenvalue weighted by Gasteiger charge is -2.26. The topological polar surface area (TPSA) is 77.1 Å². The van der Waals surface area contributed by atoms with E-state index in [0.717, 1.165) is 0 Å². The molecule has 1 heterocycles. The molecular weight excluding hydrogens is 288 g/mol. The average Bonchev–Trinajstić information content (AvgIpc) is 2.55. The summed E-state index contributed by atoms with van der Waals surface area (Å²) >= 11 is 0. The van der Waals surface area contributed by atoms with Crippen molar-refractivity contribution in [3.63, 3.8) is 0 Å². The Morgan fingerprint density at radius 3 is 2.55 bits per heavy atom. The van der Waals surface area contributed by atoms with Crippen LogP contribution in [-0.2, 0) is 9.53 Å². The van der Waals surface area contributed by atoms with Gasteiger partial charge in [0.05, 0.1) is 20.8 Å². The molecular formula is C15H20N2O5. The largest absolute Gasteiger partial charge is 0.497 e. The number of nitrogens with zero attached hydrogens (tertiary/aromatic N) is 1. The third-order valence-electron chi connectivity index (χ3n) is 3.36. The molecule has 0 aromatic heterocycles. The number of benzene rings is 1. The van der Waals surface area contributed by atoms with Gasteiger partial charge >= 0.3 is 0 Å². The van der Waals surface area contributed by atoms with Crippen molar-refractivity contribution in [2.24, 2.45) is 0 Å². The second-order valence-electron chi connectivity index (χ2n) is 4.79. The highest BCUT2D eigenvalue weighted by atomic mass is 16.5. The molecule has 1 aromatic carbocycles. The molecule has 1 saturated heterocycles. The molecule has 22 heavy (non-hydrogen) atoms. The quantitative estimate of drug-likeness (QED) is 0.817. The summed E-state index contributed by atoms with van der Waals surface area (Å²) in [5.74, 6) is 0.808. The highest BCUT2D eigenvalue weighted by molar-refractivity contribution is 5.95. The number of hydrogen-bond donors (Lipinski definition) is 1. The lowest BCUT2D eigenvalue weighted by molar-refractivity contribution is -0.142. The van der Waals surface area contributed by atoms with Gasteiger partial charge in [0.25, 0.3) is 5.91 Å². The van der Waals surface area contributed by atoms with E-state index in [1.54, 1.807) is 23.1 Å². The molecule has 0 unspecified atom stereocenters. The van der Waals surface area contributed by atoms with Crippen LogP contribution in [0.15, 0.2) is 18.2 Å². The Morgan fingerprint density at radius 2 is 1.95 bits per heavy atom. The molecule has 120 valence electrons. The van der Waals surface area contributed by atoms with Crippen molar-refractivity contribution in [3.8, 4) is 11.5 Å². The maximum Gasteiger partial charge on any atom is 0.251 e. The maximum atomic E-state index is 12.2. The van der Waals surface area contributed by atoms with Gasteiger partial charge in [-0.2, -0.15) is 0 Å². The Morgan fingerprint density at radius 1 is 1.27 bits per heavy atom. The molecule has 2 rings (SSSR count). The molecule has 1 aromatic rings. The summed E-state index contributed by atoms with van der Waals surface area (Å²) in [6, 6.07) is 4.97. The van der Waals surface area contributed by atoms with Crippen molar-refractivity contribution < 1.29 is 23.8 Å². The molecule has 0 radical (unpaired) electrons. The zero-order valence-electron chi connectivity index (χ0n) is 12.8. The van der Waals surface area contributed by atoms with E-state index in [2.05, 4.69) is 5.32 Å². The van der Waals surface area contributed by atoms with E-state index in [-0.39, 0.29) is 18.4 Å². The number of rotatable bonds is 6. The number of amides is 2. The molecule has 2 amide bonds. The van der Waals surface area contributed by atoms with E-state index < -0.39 is 0 Å². The highest BCUT2D eigenvalue weighted by Gasteiger charge is 2.18. The predicted octanol–water partition coefficient (Wildman–Crippen LogP) is 0.292. The van der Waals surface area contributed by atoms with Crippen LogP contribution in [0, 0.1) is 0 Å². The normalized spacial score (nSPS) is 14.6. The van der Waals surface area contributed by atoms with Crippen LogP contribution in [-0.4, -0.2) is 63.8 Å². The summed E-state index contributed by atoms with van der Waals surface area (Å²) in [7, 11) is 3.06. The van der Waals surface area contributed by atoms with Crippen LogP contribution in [0.2, 0.25) is 0 Å². The Labute approximate surface area is 129 Å². The lowest BCUT2D eigenvalue weighted by atomic mass is 10.2. The first kappa shape index (κ1) is 16.1. The standard InChI is InChI=1S/C15H20N2O5/c1-20-12-7-11(8-13(9-12)21-2)15(19)16-3-4-17-5-6-22-10-14(17)18/h7-9H,3-6,10H2,1-2H3,(H,16,19). The fraction of sp³-hybridized carbons (Fsp3) is 0.467. The Balaban J connectivity index is 1.90. The van der Waals surface area contributed by atoms with E-state index in [4.69, 9.17) is 14.2 Å². The first-order valence-electron chi connectivity index (χ1n) is 7.01. The van der Waals surface area contributed by atoms with Crippen molar-refractivity contribution >= 4 is 11.8 Å². The average molecular weight is 308 g/mol. The molecule has 1 aliphatic rings. The minimum absolute atomic E-state index is 0.0523. The van der Waals surface area contributed by atoms with Crippen LogP contribution in [0.1, 0.15) is 10.4 Å². The van der Waals surface area contributed by atoms with E-state index in [1.165, 1.54) is 14.2 Å². The molecule has 0 aliphatic carbocycles. The fourth-order valence-electron chi connectivity index (χ4n) is 2.13. The number of ether oxygens (including phenoxy) is 3. The molecule has 1 fully saturated rings. The zero-order valence-corrected chi connectivity index (χ0v) is 12.8. The summed E-state index contributed by atoms with van der Waals surface area (Å²) in [6.07, 6.45) is 0. The number of carbonyl (C=O) groups is 2. The van der Waals surface area contributed by atoms with Crippen LogP contribution < -0.4 is 14.8 Å². The monoisotopic (exact) mass is 308 g/mol. The highest BCUT2D eigenvalue weighted by Crippen LogP contribution is 2.22. The predicted molar refractivity (Wildman–Crippen MR) is 79.3 cm³/mol. The molecule has 0 atom stereocenters. The van der Waals surface area contributed by atoms with E-state index >= 15 is 0 Å². The maximum absolute atomic E-state index is 12.2. The molecule has 0 spiro atoms. The molecule has 0 saturated carbocycles. The Hall–Kier alpha value is -2.28. The van der Waals surface area contributed by atoms with Crippen LogP contribution >= 0.6 is 0 Å². The SMILES string of the molecule is COc1cc(OC)cc(C(=O)NCCN2CCOCC2=O)c1. The van der Waals surface area contributed by atoms with Crippen molar-refractivity contribution in [1.29, 1.82) is 0 Å². The van der Waals surface area contributed by atoms with Gasteiger partial charge in [0, 0.05) is 31.3 Å². The summed E-state index contributed by atoms with van der Waals surface area (Å²) < 4.78 is 15.3. The van der Waals surface area contributed by atoms with Crippen LogP contribution in [0.25, 0.3) is 0 Å². The van der Waals surface area contributed by atoms with E-state index in [0.29, 0.717) is 43.3 Å². The van der Waals surface area contributed by atoms with Gasteiger partial charge in [-0.3, -0.25) is 9.59 Å². The molecule has 7 nitrogen and oxygen atoms in total. The van der Waals surface area contributed by atoms with Crippen molar-refractivity contribution in [3.05, 3.63) is 23.8 Å². The minimum Gasteiger partial charge on any atom is -0.497 e. The fourth-order valence-corrected chi connectivity index (χ4v) is 2.13. The van der Waals surface area contributed by atoms with Gasteiger partial charge in [-0.15, -0.1) is 0 Å². The third kappa shape index (κ3) is 4.11. The van der Waals surface area contributed by atoms with E-state index in [9.17, 15) is 9.59 Å². The number of methoxy groups -OCH3 is 2. The number of carbonyl (C=O) groups excluding carboxylic acids is 2. The lowest BCUT2D eigenvalue weighted by Crippen LogP contribution is -2.45. The Kier molecular flexibility index (Phi) is 5.60. The minimum atomic E-state index is -0.238. The third-order valence-corrected chi connectivity index (χ3v) is 3.36. The second kappa shape index (κ2) is 7.65. The van der Waals surface area contributed by atoms with Gasteiger partial charge in [0.15, 0.2) is 0 Å². The van der Waals surface area contributed by atoms with Gasteiger partial charge in [-0.05, 0) is 12.1 Å². The molecule has 0 bridgehead atoms. The zero-order chi connectivity index (χ0) is 15.9. The summed E-state index contributed by atoms with van der Waals surface area (Å²) in [6.45, 7) is 2.05. The van der Waals surface area contributed by atoms with Gasteiger partial charge in [-0.1, -0.05) is 0 Å². The summed E-state index contributed by atoms with van der Waals surface area (Å²) in [5, 5.41) is 2.78. The van der Waals surface area contributed by atoms with Crippen LogP contribution in [0.5, 0.6) is 11.5 Å². The van der Waals surface area contributed by atoms with E-state index in [1.807, 2.05) is 0 Å². The smallest absolute Gasteiger partial charge is 0.251 e.